The van der Waals surface area contributed by atoms with E-state index in [1.807, 2.05) is 12.1 Å². The molecule has 1 aromatic carbocycles. The van der Waals surface area contributed by atoms with Crippen LogP contribution in [-0.4, -0.2) is 18.6 Å². The lowest BCUT2D eigenvalue weighted by molar-refractivity contribution is -0.138. The summed E-state index contributed by atoms with van der Waals surface area (Å²) in [5.74, 6) is 0.841. The minimum Gasteiger partial charge on any atom is -0.475 e. The quantitative estimate of drug-likeness (QED) is 0.715. The van der Waals surface area contributed by atoms with E-state index in [0.717, 1.165) is 37.1 Å². The van der Waals surface area contributed by atoms with Gasteiger partial charge in [0.05, 0.1) is 5.69 Å². The Morgan fingerprint density at radius 1 is 1.28 bits per heavy atom. The fraction of sp³-hybridized carbons (Fsp3) is 0.500. The number of ether oxygens (including phenoxy) is 1. The smallest absolute Gasteiger partial charge is 0.271 e. The molecule has 0 atom stereocenters. The van der Waals surface area contributed by atoms with E-state index in [1.54, 1.807) is 18.0 Å². The summed E-state index contributed by atoms with van der Waals surface area (Å²) in [7, 11) is 1.81. The summed E-state index contributed by atoms with van der Waals surface area (Å²) in [5, 5.41) is 0. The van der Waals surface area contributed by atoms with Crippen LogP contribution in [0.4, 0.5) is 11.4 Å². The molecule has 1 aliphatic heterocycles. The minimum absolute atomic E-state index is 0.0697. The Kier molecular flexibility index (Phi) is 2.47. The highest BCUT2D eigenvalue weighted by Gasteiger charge is 2.47. The maximum atomic E-state index is 12.5. The van der Waals surface area contributed by atoms with Crippen molar-refractivity contribution < 1.29 is 9.53 Å². The number of benzene rings is 1. The van der Waals surface area contributed by atoms with Crippen LogP contribution in [0.25, 0.3) is 0 Å². The highest BCUT2D eigenvalue weighted by Crippen LogP contribution is 2.43. The van der Waals surface area contributed by atoms with Crippen LogP contribution in [-0.2, 0) is 4.79 Å². The molecule has 4 nitrogen and oxygen atoms in total. The van der Waals surface area contributed by atoms with Crippen LogP contribution < -0.4 is 15.4 Å². The Morgan fingerprint density at radius 3 is 2.72 bits per heavy atom. The Balaban J connectivity index is 2.04. The molecule has 1 heterocycles. The van der Waals surface area contributed by atoms with Crippen molar-refractivity contribution in [3.05, 3.63) is 18.2 Å². The number of carbonyl (C=O) groups excluding carboxylic acids is 1. The Labute approximate surface area is 107 Å². The van der Waals surface area contributed by atoms with Gasteiger partial charge in [0.25, 0.3) is 5.91 Å². The van der Waals surface area contributed by atoms with Crippen LogP contribution in [0.15, 0.2) is 18.2 Å². The molecule has 1 spiro atoms. The van der Waals surface area contributed by atoms with Gasteiger partial charge in [-0.25, -0.2) is 0 Å². The van der Waals surface area contributed by atoms with Gasteiger partial charge >= 0.3 is 0 Å². The van der Waals surface area contributed by atoms with Gasteiger partial charge in [-0.1, -0.05) is 6.42 Å². The molecule has 18 heavy (non-hydrogen) atoms. The van der Waals surface area contributed by atoms with Gasteiger partial charge in [-0.2, -0.15) is 0 Å². The number of rotatable bonds is 0. The molecule has 0 aromatic heterocycles. The lowest BCUT2D eigenvalue weighted by Gasteiger charge is -2.43. The van der Waals surface area contributed by atoms with Gasteiger partial charge < -0.3 is 15.4 Å². The molecule has 1 aromatic rings. The van der Waals surface area contributed by atoms with Gasteiger partial charge in [0.15, 0.2) is 5.60 Å². The number of anilines is 2. The van der Waals surface area contributed by atoms with Crippen molar-refractivity contribution in [1.29, 1.82) is 0 Å². The number of hydrogen-bond donors (Lipinski definition) is 1. The summed E-state index contributed by atoms with van der Waals surface area (Å²) in [5.41, 5.74) is 6.56. The van der Waals surface area contributed by atoms with Gasteiger partial charge in [0.2, 0.25) is 0 Å². The fourth-order valence-electron chi connectivity index (χ4n) is 2.99. The predicted molar refractivity (Wildman–Crippen MR) is 70.7 cm³/mol. The number of hydrogen-bond acceptors (Lipinski definition) is 3. The van der Waals surface area contributed by atoms with E-state index in [1.165, 1.54) is 6.42 Å². The molecule has 2 aliphatic rings. The van der Waals surface area contributed by atoms with Gasteiger partial charge in [-0.3, -0.25) is 4.79 Å². The number of nitrogens with two attached hydrogens (primary N) is 1. The molecule has 0 unspecified atom stereocenters. The van der Waals surface area contributed by atoms with Gasteiger partial charge in [-0.05, 0) is 43.9 Å². The standard InChI is InChI=1S/C14H18N2O2/c1-16-11-9-10(15)5-6-12(11)18-14(13(16)17)7-3-2-4-8-14/h5-6,9H,2-4,7-8,15H2,1H3. The average molecular weight is 246 g/mol. The highest BCUT2D eigenvalue weighted by molar-refractivity contribution is 6.02. The zero-order valence-electron chi connectivity index (χ0n) is 10.6. The Morgan fingerprint density at radius 2 is 2.00 bits per heavy atom. The third-order valence-electron chi connectivity index (χ3n) is 4.01. The molecule has 1 saturated carbocycles. The van der Waals surface area contributed by atoms with Gasteiger partial charge in [-0.15, -0.1) is 0 Å². The number of nitrogens with zero attached hydrogens (tertiary/aromatic N) is 1. The Bertz CT molecular complexity index is 493. The molecule has 1 amide bonds. The van der Waals surface area contributed by atoms with E-state index >= 15 is 0 Å². The first-order chi connectivity index (χ1) is 8.62. The number of carbonyl (C=O) groups is 1. The molecular weight excluding hydrogens is 228 g/mol. The first kappa shape index (κ1) is 11.4. The molecule has 3 rings (SSSR count). The second kappa shape index (κ2) is 3.90. The monoisotopic (exact) mass is 246 g/mol. The summed E-state index contributed by atoms with van der Waals surface area (Å²) in [6.07, 6.45) is 4.95. The first-order valence-corrected chi connectivity index (χ1v) is 6.49. The van der Waals surface area contributed by atoms with Crippen LogP contribution in [0, 0.1) is 0 Å². The Hall–Kier alpha value is -1.71. The molecule has 0 saturated heterocycles. The van der Waals surface area contributed by atoms with Crippen LogP contribution in [0.3, 0.4) is 0 Å². The fourth-order valence-corrected chi connectivity index (χ4v) is 2.99. The van der Waals surface area contributed by atoms with E-state index in [2.05, 4.69) is 0 Å². The topological polar surface area (TPSA) is 55.6 Å². The number of nitrogen functional groups attached to an aromatic ring is 1. The van der Waals surface area contributed by atoms with Crippen molar-refractivity contribution in [2.24, 2.45) is 0 Å². The number of amides is 1. The van der Waals surface area contributed by atoms with Gasteiger partial charge in [0, 0.05) is 12.7 Å². The van der Waals surface area contributed by atoms with Crippen LogP contribution in [0.1, 0.15) is 32.1 Å². The summed E-state index contributed by atoms with van der Waals surface area (Å²) in [6.45, 7) is 0. The van der Waals surface area contributed by atoms with Gasteiger partial charge in [0.1, 0.15) is 5.75 Å². The maximum absolute atomic E-state index is 12.5. The third kappa shape index (κ3) is 1.55. The van der Waals surface area contributed by atoms with E-state index in [9.17, 15) is 4.79 Å². The van der Waals surface area contributed by atoms with Crippen LogP contribution in [0.5, 0.6) is 5.75 Å². The highest BCUT2D eigenvalue weighted by atomic mass is 16.5. The maximum Gasteiger partial charge on any atom is 0.271 e. The molecule has 0 bridgehead atoms. The number of likely N-dealkylation sites (N-methyl/N-ethyl adjacent to an activating group) is 1. The van der Waals surface area contributed by atoms with E-state index in [-0.39, 0.29) is 5.91 Å². The minimum atomic E-state index is -0.629. The number of fused-ring (bicyclic) bond motifs is 1. The van der Waals surface area contributed by atoms with Crippen molar-refractivity contribution in [1.82, 2.24) is 0 Å². The summed E-state index contributed by atoms with van der Waals surface area (Å²) < 4.78 is 6.05. The van der Waals surface area contributed by atoms with Crippen molar-refractivity contribution >= 4 is 17.3 Å². The zero-order chi connectivity index (χ0) is 12.8. The van der Waals surface area contributed by atoms with Crippen molar-refractivity contribution in [3.63, 3.8) is 0 Å². The van der Waals surface area contributed by atoms with E-state index in [0.29, 0.717) is 5.69 Å². The molecule has 0 radical (unpaired) electrons. The summed E-state index contributed by atoms with van der Waals surface area (Å²) in [4.78, 5) is 14.2. The molecule has 1 aliphatic carbocycles. The third-order valence-corrected chi connectivity index (χ3v) is 4.01. The van der Waals surface area contributed by atoms with E-state index < -0.39 is 5.60 Å². The lowest BCUT2D eigenvalue weighted by Crippen LogP contribution is -2.55. The lowest BCUT2D eigenvalue weighted by atomic mass is 9.82. The van der Waals surface area contributed by atoms with Crippen molar-refractivity contribution in [3.8, 4) is 5.75 Å². The normalized spacial score (nSPS) is 21.6. The molecule has 2 N–H and O–H groups in total. The second-order valence-corrected chi connectivity index (χ2v) is 5.25. The summed E-state index contributed by atoms with van der Waals surface area (Å²) in [6, 6.07) is 5.48. The summed E-state index contributed by atoms with van der Waals surface area (Å²) >= 11 is 0. The van der Waals surface area contributed by atoms with Crippen molar-refractivity contribution in [2.75, 3.05) is 17.7 Å². The van der Waals surface area contributed by atoms with E-state index in [4.69, 9.17) is 10.5 Å². The largest absolute Gasteiger partial charge is 0.475 e. The van der Waals surface area contributed by atoms with Crippen LogP contribution >= 0.6 is 0 Å². The second-order valence-electron chi connectivity index (χ2n) is 5.25. The van der Waals surface area contributed by atoms with Crippen LogP contribution in [0.2, 0.25) is 0 Å². The first-order valence-electron chi connectivity index (χ1n) is 6.49. The molecule has 96 valence electrons. The average Bonchev–Trinajstić information content (AvgIpc) is 2.39. The zero-order valence-corrected chi connectivity index (χ0v) is 10.6. The molecular formula is C14H18N2O2. The molecule has 1 fully saturated rings. The van der Waals surface area contributed by atoms with Crippen molar-refractivity contribution in [2.45, 2.75) is 37.7 Å². The molecule has 4 heteroatoms. The SMILES string of the molecule is CN1C(=O)C2(CCCCC2)Oc2ccc(N)cc21. The predicted octanol–water partition coefficient (Wildman–Crippen LogP) is 2.33.